The predicted octanol–water partition coefficient (Wildman–Crippen LogP) is 3.22. The highest BCUT2D eigenvalue weighted by atomic mass is 16.5. The van der Waals surface area contributed by atoms with Crippen molar-refractivity contribution < 1.29 is 4.74 Å². The molecule has 3 atom stereocenters. The summed E-state index contributed by atoms with van der Waals surface area (Å²) in [5.74, 6) is 0.930. The predicted molar refractivity (Wildman–Crippen MR) is 84.3 cm³/mol. The maximum Gasteiger partial charge on any atom is 0.118 e. The molecule has 2 rings (SSSR count). The Labute approximate surface area is 123 Å². The molecular formula is C17H28N2O. The third-order valence-corrected chi connectivity index (χ3v) is 4.60. The van der Waals surface area contributed by atoms with Crippen molar-refractivity contribution in [3.8, 4) is 5.75 Å². The summed E-state index contributed by atoms with van der Waals surface area (Å²) in [5.41, 5.74) is 1.38. The van der Waals surface area contributed by atoms with Crippen LogP contribution in [0.25, 0.3) is 0 Å². The Balaban J connectivity index is 2.12. The average molecular weight is 276 g/mol. The zero-order valence-corrected chi connectivity index (χ0v) is 13.2. The molecule has 0 aliphatic carbocycles. The zero-order valence-electron chi connectivity index (χ0n) is 13.2. The van der Waals surface area contributed by atoms with E-state index in [9.17, 15) is 0 Å². The minimum atomic E-state index is 0.460. The molecule has 3 heteroatoms. The average Bonchev–Trinajstić information content (AvgIpc) is 2.53. The largest absolute Gasteiger partial charge is 0.497 e. The third kappa shape index (κ3) is 3.33. The monoisotopic (exact) mass is 276 g/mol. The molecule has 112 valence electrons. The summed E-state index contributed by atoms with van der Waals surface area (Å²) in [7, 11) is 1.72. The van der Waals surface area contributed by atoms with Gasteiger partial charge in [-0.3, -0.25) is 4.90 Å². The van der Waals surface area contributed by atoms with Crippen LogP contribution in [0, 0.1) is 0 Å². The Morgan fingerprint density at radius 1 is 1.25 bits per heavy atom. The van der Waals surface area contributed by atoms with Crippen LogP contribution in [0.2, 0.25) is 0 Å². The van der Waals surface area contributed by atoms with E-state index in [1.54, 1.807) is 7.11 Å². The number of ether oxygens (including phenoxy) is 1. The molecule has 3 unspecified atom stereocenters. The van der Waals surface area contributed by atoms with Crippen LogP contribution in [-0.2, 0) is 0 Å². The summed E-state index contributed by atoms with van der Waals surface area (Å²) in [6.45, 7) is 9.12. The minimum absolute atomic E-state index is 0.460. The molecule has 0 spiro atoms. The molecule has 0 bridgehead atoms. The first kappa shape index (κ1) is 15.3. The van der Waals surface area contributed by atoms with E-state index >= 15 is 0 Å². The van der Waals surface area contributed by atoms with Crippen LogP contribution in [0.1, 0.15) is 45.2 Å². The lowest BCUT2D eigenvalue weighted by molar-refractivity contribution is 0.0850. The molecule has 0 amide bonds. The quantitative estimate of drug-likeness (QED) is 0.893. The zero-order chi connectivity index (χ0) is 14.5. The molecule has 1 aliphatic rings. The van der Waals surface area contributed by atoms with Crippen molar-refractivity contribution >= 4 is 0 Å². The van der Waals surface area contributed by atoms with Crippen LogP contribution in [0.3, 0.4) is 0 Å². The van der Waals surface area contributed by atoms with E-state index in [0.29, 0.717) is 18.1 Å². The number of hydrogen-bond acceptors (Lipinski definition) is 3. The molecule has 0 saturated carbocycles. The first-order valence-electron chi connectivity index (χ1n) is 7.82. The Morgan fingerprint density at radius 3 is 2.50 bits per heavy atom. The molecule has 1 aromatic rings. The highest BCUT2D eigenvalue weighted by Gasteiger charge is 2.29. The van der Waals surface area contributed by atoms with Crippen molar-refractivity contribution in [3.05, 3.63) is 29.8 Å². The van der Waals surface area contributed by atoms with E-state index in [1.807, 2.05) is 0 Å². The molecule has 3 nitrogen and oxygen atoms in total. The number of nitrogens with one attached hydrogen (secondary N) is 1. The van der Waals surface area contributed by atoms with Crippen LogP contribution in [0.5, 0.6) is 5.75 Å². The second-order valence-corrected chi connectivity index (χ2v) is 5.72. The maximum absolute atomic E-state index is 5.25. The van der Waals surface area contributed by atoms with Crippen LogP contribution in [-0.4, -0.2) is 37.2 Å². The number of piperazine rings is 1. The molecule has 0 radical (unpaired) electrons. The summed E-state index contributed by atoms with van der Waals surface area (Å²) in [6, 6.07) is 10.2. The van der Waals surface area contributed by atoms with E-state index in [2.05, 4.69) is 55.3 Å². The van der Waals surface area contributed by atoms with E-state index in [4.69, 9.17) is 4.74 Å². The summed E-state index contributed by atoms with van der Waals surface area (Å²) < 4.78 is 5.25. The van der Waals surface area contributed by atoms with Gasteiger partial charge in [-0.1, -0.05) is 26.0 Å². The van der Waals surface area contributed by atoms with Crippen molar-refractivity contribution in [2.45, 2.75) is 51.7 Å². The highest BCUT2D eigenvalue weighted by Crippen LogP contribution is 2.27. The van der Waals surface area contributed by atoms with Crippen molar-refractivity contribution in [2.75, 3.05) is 20.2 Å². The smallest absolute Gasteiger partial charge is 0.118 e. The number of rotatable bonds is 5. The molecule has 1 aromatic carbocycles. The first-order valence-corrected chi connectivity index (χ1v) is 7.82. The SMILES string of the molecule is CCC1CN(C(C)c2ccc(OC)cc2)C(CC)CN1. The fourth-order valence-corrected chi connectivity index (χ4v) is 3.09. The minimum Gasteiger partial charge on any atom is -0.497 e. The molecule has 1 heterocycles. The summed E-state index contributed by atoms with van der Waals surface area (Å²) in [6.07, 6.45) is 2.40. The number of benzene rings is 1. The normalized spacial score (nSPS) is 25.4. The number of methoxy groups -OCH3 is 1. The fraction of sp³-hybridized carbons (Fsp3) is 0.647. The van der Waals surface area contributed by atoms with Gasteiger partial charge in [0.2, 0.25) is 0 Å². The van der Waals surface area contributed by atoms with Gasteiger partial charge in [0.25, 0.3) is 0 Å². The van der Waals surface area contributed by atoms with Crippen LogP contribution in [0.15, 0.2) is 24.3 Å². The second kappa shape index (κ2) is 7.09. The molecule has 1 saturated heterocycles. The molecule has 1 aliphatic heterocycles. The van der Waals surface area contributed by atoms with Gasteiger partial charge < -0.3 is 10.1 Å². The van der Waals surface area contributed by atoms with Gasteiger partial charge in [0.15, 0.2) is 0 Å². The maximum atomic E-state index is 5.25. The van der Waals surface area contributed by atoms with E-state index in [0.717, 1.165) is 18.8 Å². The van der Waals surface area contributed by atoms with Gasteiger partial charge in [-0.2, -0.15) is 0 Å². The van der Waals surface area contributed by atoms with E-state index in [1.165, 1.54) is 18.4 Å². The van der Waals surface area contributed by atoms with Gasteiger partial charge in [0, 0.05) is 31.2 Å². The third-order valence-electron chi connectivity index (χ3n) is 4.60. The molecule has 1 fully saturated rings. The lowest BCUT2D eigenvalue weighted by Crippen LogP contribution is -2.56. The van der Waals surface area contributed by atoms with Gasteiger partial charge in [0.1, 0.15) is 5.75 Å². The molecule has 20 heavy (non-hydrogen) atoms. The lowest BCUT2D eigenvalue weighted by atomic mass is 9.99. The van der Waals surface area contributed by atoms with Crippen molar-refractivity contribution in [1.29, 1.82) is 0 Å². The topological polar surface area (TPSA) is 24.5 Å². The Morgan fingerprint density at radius 2 is 1.95 bits per heavy atom. The second-order valence-electron chi connectivity index (χ2n) is 5.72. The summed E-state index contributed by atoms with van der Waals surface area (Å²) in [5, 5.41) is 3.66. The summed E-state index contributed by atoms with van der Waals surface area (Å²) >= 11 is 0. The molecule has 1 N–H and O–H groups in total. The van der Waals surface area contributed by atoms with Crippen LogP contribution in [0.4, 0.5) is 0 Å². The van der Waals surface area contributed by atoms with Crippen molar-refractivity contribution in [2.24, 2.45) is 0 Å². The van der Waals surface area contributed by atoms with E-state index < -0.39 is 0 Å². The van der Waals surface area contributed by atoms with Gasteiger partial charge in [0.05, 0.1) is 7.11 Å². The van der Waals surface area contributed by atoms with E-state index in [-0.39, 0.29) is 0 Å². The van der Waals surface area contributed by atoms with Gasteiger partial charge in [-0.25, -0.2) is 0 Å². The lowest BCUT2D eigenvalue weighted by Gasteiger charge is -2.43. The van der Waals surface area contributed by atoms with Crippen LogP contribution < -0.4 is 10.1 Å². The van der Waals surface area contributed by atoms with Gasteiger partial charge in [-0.15, -0.1) is 0 Å². The van der Waals surface area contributed by atoms with Crippen molar-refractivity contribution in [3.63, 3.8) is 0 Å². The Kier molecular flexibility index (Phi) is 5.44. The highest BCUT2D eigenvalue weighted by molar-refractivity contribution is 5.29. The van der Waals surface area contributed by atoms with Crippen LogP contribution >= 0.6 is 0 Å². The van der Waals surface area contributed by atoms with Gasteiger partial charge in [-0.05, 0) is 37.5 Å². The summed E-state index contributed by atoms with van der Waals surface area (Å²) in [4.78, 5) is 2.66. The molecule has 0 aromatic heterocycles. The molecular weight excluding hydrogens is 248 g/mol. The standard InChI is InChI=1S/C17H28N2O/c1-5-15-12-19(16(6-2)11-18-15)13(3)14-7-9-17(20-4)10-8-14/h7-10,13,15-16,18H,5-6,11-12H2,1-4H3. The number of hydrogen-bond donors (Lipinski definition) is 1. The number of nitrogens with zero attached hydrogens (tertiary/aromatic N) is 1. The Bertz CT molecular complexity index is 404. The first-order chi connectivity index (χ1) is 9.69. The van der Waals surface area contributed by atoms with Crippen molar-refractivity contribution in [1.82, 2.24) is 10.2 Å². The fourth-order valence-electron chi connectivity index (χ4n) is 3.09. The van der Waals surface area contributed by atoms with Gasteiger partial charge >= 0.3 is 0 Å². The Hall–Kier alpha value is -1.06.